The van der Waals surface area contributed by atoms with Crippen LogP contribution in [-0.2, 0) is 20.9 Å². The van der Waals surface area contributed by atoms with E-state index in [2.05, 4.69) is 20.9 Å². The van der Waals surface area contributed by atoms with Gasteiger partial charge in [-0.2, -0.15) is 0 Å². The van der Waals surface area contributed by atoms with Crippen LogP contribution in [0.4, 0.5) is 0 Å². The van der Waals surface area contributed by atoms with Gasteiger partial charge in [-0.25, -0.2) is 4.79 Å². The Morgan fingerprint density at radius 1 is 1.33 bits per heavy atom. The van der Waals surface area contributed by atoms with E-state index in [-0.39, 0.29) is 24.5 Å². The number of thioether (sulfide) groups is 1. The number of benzene rings is 1. The highest BCUT2D eigenvalue weighted by Gasteiger charge is 2.54. The van der Waals surface area contributed by atoms with Gasteiger partial charge in [0.2, 0.25) is 5.91 Å². The summed E-state index contributed by atoms with van der Waals surface area (Å²) in [6.07, 6.45) is 3.34. The van der Waals surface area contributed by atoms with Crippen molar-refractivity contribution in [2.24, 2.45) is 5.92 Å². The second-order valence-electron chi connectivity index (χ2n) is 6.61. The Hall–Kier alpha value is -1.99. The van der Waals surface area contributed by atoms with Crippen molar-refractivity contribution in [3.63, 3.8) is 0 Å². The number of amides is 1. The minimum atomic E-state index is -0.433. The SMILES string of the molecule is CCC1C(=O)N2C(C(=O)OCc3ccc(Br)cc3)=C(Sc3ccc[nH]3)CC12. The first-order valence-electron chi connectivity index (χ1n) is 8.87. The fourth-order valence-corrected chi connectivity index (χ4v) is 4.93. The number of hydrogen-bond acceptors (Lipinski definition) is 4. The van der Waals surface area contributed by atoms with Gasteiger partial charge in [-0.3, -0.25) is 4.79 Å². The maximum Gasteiger partial charge on any atom is 0.356 e. The van der Waals surface area contributed by atoms with Gasteiger partial charge >= 0.3 is 5.97 Å². The third-order valence-electron chi connectivity index (χ3n) is 4.97. The van der Waals surface area contributed by atoms with Gasteiger partial charge in [0, 0.05) is 22.0 Å². The predicted octanol–water partition coefficient (Wildman–Crippen LogP) is 4.47. The lowest BCUT2D eigenvalue weighted by atomic mass is 9.85. The van der Waals surface area contributed by atoms with Crippen LogP contribution in [0.15, 0.2) is 62.7 Å². The number of aromatic nitrogens is 1. The van der Waals surface area contributed by atoms with E-state index in [1.807, 2.05) is 49.5 Å². The summed E-state index contributed by atoms with van der Waals surface area (Å²) in [7, 11) is 0. The molecule has 2 aliphatic rings. The van der Waals surface area contributed by atoms with Gasteiger partial charge in [-0.1, -0.05) is 46.7 Å². The number of β-lactam (4-membered cyclic amide) rings is 1. The van der Waals surface area contributed by atoms with Crippen molar-refractivity contribution in [3.05, 3.63) is 63.2 Å². The van der Waals surface area contributed by atoms with Gasteiger partial charge in [0.1, 0.15) is 12.3 Å². The number of esters is 1. The summed E-state index contributed by atoms with van der Waals surface area (Å²) in [5, 5.41) is 0.950. The van der Waals surface area contributed by atoms with Crippen molar-refractivity contribution in [1.29, 1.82) is 0 Å². The Morgan fingerprint density at radius 3 is 2.78 bits per heavy atom. The topological polar surface area (TPSA) is 62.4 Å². The second kappa shape index (κ2) is 7.56. The highest BCUT2D eigenvalue weighted by Crippen LogP contribution is 2.48. The van der Waals surface area contributed by atoms with E-state index in [1.54, 1.807) is 4.90 Å². The molecule has 1 saturated heterocycles. The van der Waals surface area contributed by atoms with E-state index >= 15 is 0 Å². The lowest BCUT2D eigenvalue weighted by molar-refractivity contribution is -0.157. The van der Waals surface area contributed by atoms with E-state index in [9.17, 15) is 9.59 Å². The third-order valence-corrected chi connectivity index (χ3v) is 6.58. The standard InChI is InChI=1S/C20H19BrN2O3S/c1-2-14-15-10-16(27-17-4-3-9-22-17)18(23(15)19(14)24)20(25)26-11-12-5-7-13(21)8-6-12/h3-9,14-15,22H,2,10-11H2,1H3. The van der Waals surface area contributed by atoms with Crippen LogP contribution in [0.1, 0.15) is 25.3 Å². The number of halogens is 1. The molecule has 1 N–H and O–H groups in total. The van der Waals surface area contributed by atoms with Gasteiger partial charge in [0.15, 0.2) is 0 Å². The normalized spacial score (nSPS) is 21.3. The Kier molecular flexibility index (Phi) is 5.14. The number of ether oxygens (including phenoxy) is 1. The highest BCUT2D eigenvalue weighted by molar-refractivity contribution is 9.10. The van der Waals surface area contributed by atoms with Gasteiger partial charge in [-0.05, 0) is 36.2 Å². The summed E-state index contributed by atoms with van der Waals surface area (Å²) in [4.78, 5) is 31.0. The number of carbonyl (C=O) groups is 2. The first-order chi connectivity index (χ1) is 13.1. The molecular weight excluding hydrogens is 428 g/mol. The second-order valence-corrected chi connectivity index (χ2v) is 8.66. The molecule has 5 nitrogen and oxygen atoms in total. The fraction of sp³-hybridized carbons (Fsp3) is 0.300. The van der Waals surface area contributed by atoms with Crippen molar-refractivity contribution in [3.8, 4) is 0 Å². The van der Waals surface area contributed by atoms with Crippen molar-refractivity contribution in [2.75, 3.05) is 0 Å². The summed E-state index contributed by atoms with van der Waals surface area (Å²) in [6, 6.07) is 11.6. The number of H-pyrrole nitrogens is 1. The lowest BCUT2D eigenvalue weighted by Gasteiger charge is -2.43. The molecule has 1 amide bonds. The molecule has 3 heterocycles. The largest absolute Gasteiger partial charge is 0.456 e. The first-order valence-corrected chi connectivity index (χ1v) is 10.5. The van der Waals surface area contributed by atoms with Gasteiger partial charge in [0.25, 0.3) is 0 Å². The zero-order valence-electron chi connectivity index (χ0n) is 14.8. The summed E-state index contributed by atoms with van der Waals surface area (Å²) in [5.41, 5.74) is 1.31. The van der Waals surface area contributed by atoms with Crippen LogP contribution in [0.2, 0.25) is 0 Å². The zero-order chi connectivity index (χ0) is 19.0. The maximum atomic E-state index is 12.8. The molecule has 2 aromatic rings. The molecule has 27 heavy (non-hydrogen) atoms. The van der Waals surface area contributed by atoms with Crippen molar-refractivity contribution in [1.82, 2.24) is 9.88 Å². The Morgan fingerprint density at radius 2 is 2.11 bits per heavy atom. The van der Waals surface area contributed by atoms with Gasteiger partial charge in [0.05, 0.1) is 17.0 Å². The summed E-state index contributed by atoms with van der Waals surface area (Å²) in [5.74, 6) is -0.404. The molecule has 140 valence electrons. The maximum absolute atomic E-state index is 12.8. The predicted molar refractivity (Wildman–Crippen MR) is 107 cm³/mol. The number of hydrogen-bond donors (Lipinski definition) is 1. The van der Waals surface area contributed by atoms with Crippen LogP contribution in [-0.4, -0.2) is 27.8 Å². The third kappa shape index (κ3) is 3.46. The number of nitrogens with zero attached hydrogens (tertiary/aromatic N) is 1. The fourth-order valence-electron chi connectivity index (χ4n) is 3.59. The molecule has 0 saturated carbocycles. The van der Waals surface area contributed by atoms with Gasteiger partial charge in [-0.15, -0.1) is 0 Å². The van der Waals surface area contributed by atoms with Crippen LogP contribution in [0.3, 0.4) is 0 Å². The quantitative estimate of drug-likeness (QED) is 0.525. The van der Waals surface area contributed by atoms with E-state index < -0.39 is 5.97 Å². The Balaban J connectivity index is 1.54. The van der Waals surface area contributed by atoms with E-state index in [0.29, 0.717) is 12.1 Å². The molecule has 0 radical (unpaired) electrons. The zero-order valence-corrected chi connectivity index (χ0v) is 17.2. The van der Waals surface area contributed by atoms with E-state index in [0.717, 1.165) is 26.4 Å². The van der Waals surface area contributed by atoms with Crippen molar-refractivity contribution < 1.29 is 14.3 Å². The summed E-state index contributed by atoms with van der Waals surface area (Å²) in [6.45, 7) is 2.20. The number of aromatic amines is 1. The minimum absolute atomic E-state index is 0.000940. The molecule has 2 unspecified atom stereocenters. The number of rotatable bonds is 6. The minimum Gasteiger partial charge on any atom is -0.456 e. The number of fused-ring (bicyclic) bond motifs is 1. The molecule has 2 atom stereocenters. The smallest absolute Gasteiger partial charge is 0.356 e. The first kappa shape index (κ1) is 18.4. The Labute approximate surface area is 170 Å². The van der Waals surface area contributed by atoms with Crippen LogP contribution in [0, 0.1) is 5.92 Å². The molecule has 0 bridgehead atoms. The van der Waals surface area contributed by atoms with E-state index in [1.165, 1.54) is 11.8 Å². The van der Waals surface area contributed by atoms with Crippen molar-refractivity contribution >= 4 is 39.6 Å². The molecule has 1 aromatic heterocycles. The van der Waals surface area contributed by atoms with Crippen molar-refractivity contribution in [2.45, 2.75) is 37.4 Å². The average molecular weight is 447 g/mol. The monoisotopic (exact) mass is 446 g/mol. The highest BCUT2D eigenvalue weighted by atomic mass is 79.9. The van der Waals surface area contributed by atoms with Crippen LogP contribution in [0.25, 0.3) is 0 Å². The van der Waals surface area contributed by atoms with E-state index in [4.69, 9.17) is 4.74 Å². The molecule has 4 rings (SSSR count). The molecule has 7 heteroatoms. The number of carbonyl (C=O) groups excluding carboxylic acids is 2. The molecule has 0 aliphatic carbocycles. The van der Waals surface area contributed by atoms with Crippen LogP contribution < -0.4 is 0 Å². The Bertz CT molecular complexity index is 892. The molecule has 1 aromatic carbocycles. The summed E-state index contributed by atoms with van der Waals surface area (Å²) >= 11 is 4.89. The molecular formula is C20H19BrN2O3S. The number of nitrogens with one attached hydrogen (secondary N) is 1. The summed E-state index contributed by atoms with van der Waals surface area (Å²) < 4.78 is 6.51. The molecule has 1 fully saturated rings. The van der Waals surface area contributed by atoms with Crippen LogP contribution in [0.5, 0.6) is 0 Å². The average Bonchev–Trinajstić information content (AvgIpc) is 3.28. The lowest BCUT2D eigenvalue weighted by Crippen LogP contribution is -2.58. The van der Waals surface area contributed by atoms with Gasteiger partial charge < -0.3 is 14.6 Å². The van der Waals surface area contributed by atoms with Crippen LogP contribution >= 0.6 is 27.7 Å². The molecule has 0 spiro atoms. The molecule has 2 aliphatic heterocycles.